The number of para-hydroxylation sites is 1. The Morgan fingerprint density at radius 3 is 1.87 bits per heavy atom. The van der Waals surface area contributed by atoms with Gasteiger partial charge in [-0.25, -0.2) is 0 Å². The van der Waals surface area contributed by atoms with Crippen LogP contribution in [0.3, 0.4) is 0 Å². The minimum Gasteiger partial charge on any atom is 0 e. The molecule has 23 heavy (non-hydrogen) atoms. The van der Waals surface area contributed by atoms with Gasteiger partial charge in [-0.1, -0.05) is 18.2 Å². The third kappa shape index (κ3) is 8.59. The summed E-state index contributed by atoms with van der Waals surface area (Å²) in [6.07, 6.45) is 1.68. The average molecular weight is 355 g/mol. The second-order valence-corrected chi connectivity index (χ2v) is 3.50. The number of nitrogens with zero attached hydrogens (tertiary/aromatic N) is 1. The molecule has 0 aliphatic carbocycles. The zero-order chi connectivity index (χ0) is 17.4. The number of hydrogen-bond donors (Lipinski definition) is 0. The van der Waals surface area contributed by atoms with Crippen molar-refractivity contribution >= 4 is 10.9 Å². The Bertz CT molecular complexity index is 556. The van der Waals surface area contributed by atoms with Crippen molar-refractivity contribution in [1.29, 1.82) is 0 Å². The largest absolute Gasteiger partial charge is 0 e. The zero-order valence-electron chi connectivity index (χ0n) is 12.9. The minimum absolute atomic E-state index is 0. The molecular weight excluding hydrogens is 338 g/mol. The van der Waals surface area contributed by atoms with Gasteiger partial charge in [0.2, 0.25) is 6.41 Å². The van der Waals surface area contributed by atoms with Crippen molar-refractivity contribution in [3.63, 3.8) is 0 Å². The maximum atomic E-state index is 7.50. The number of ether oxygens (including phenoxy) is 2. The van der Waals surface area contributed by atoms with Crippen LogP contribution in [-0.2, 0) is 40.8 Å². The summed E-state index contributed by atoms with van der Waals surface area (Å²) in [6, 6.07) is 10.3. The normalized spacial score (nSPS) is 8.22. The molecule has 0 saturated heterocycles. The second-order valence-electron chi connectivity index (χ2n) is 3.50. The first kappa shape index (κ1) is 26.3. The molecule has 0 aliphatic rings. The quantitative estimate of drug-likeness (QED) is 0.469. The molecule has 0 amide bonds. The number of aromatic nitrogens is 1. The van der Waals surface area contributed by atoms with Gasteiger partial charge in [0.1, 0.15) is 0 Å². The summed E-state index contributed by atoms with van der Waals surface area (Å²) in [6.45, 7) is 18.7. The van der Waals surface area contributed by atoms with Crippen LogP contribution in [0.25, 0.3) is 10.9 Å². The maximum Gasteiger partial charge on any atom is 0 e. The van der Waals surface area contributed by atoms with Crippen molar-refractivity contribution in [2.75, 3.05) is 13.2 Å². The summed E-state index contributed by atoms with van der Waals surface area (Å²) >= 11 is 0. The van der Waals surface area contributed by atoms with Crippen molar-refractivity contribution in [2.24, 2.45) is 0 Å². The van der Waals surface area contributed by atoms with Crippen molar-refractivity contribution in [2.45, 2.75) is 20.3 Å². The fraction of sp³-hybridized carbons (Fsp3) is 0.312. The number of benzene rings is 1. The summed E-state index contributed by atoms with van der Waals surface area (Å²) in [5, 5.41) is 1.20. The van der Waals surface area contributed by atoms with Gasteiger partial charge in [0.05, 0.1) is 5.52 Å². The molecule has 0 atom stereocenters. The van der Waals surface area contributed by atoms with Crippen molar-refractivity contribution in [3.05, 3.63) is 56.5 Å². The van der Waals surface area contributed by atoms with Crippen LogP contribution in [0, 0.1) is 20.0 Å². The number of fused-ring (bicyclic) bond motifs is 1. The van der Waals surface area contributed by atoms with Gasteiger partial charge in [0.15, 0.2) is 0 Å². The third-order valence-electron chi connectivity index (χ3n) is 2.48. The molecule has 0 aliphatic heterocycles. The van der Waals surface area contributed by atoms with E-state index in [0.717, 1.165) is 5.52 Å². The Morgan fingerprint density at radius 1 is 0.913 bits per heavy atom. The Labute approximate surface area is 146 Å². The molecule has 2 rings (SSSR count). The molecule has 1 aromatic heterocycles. The fourth-order valence-electron chi connectivity index (χ4n) is 1.78. The van der Waals surface area contributed by atoms with Crippen LogP contribution >= 0.6 is 0 Å². The third-order valence-corrected chi connectivity index (χ3v) is 2.48. The Morgan fingerprint density at radius 2 is 1.39 bits per heavy atom. The zero-order valence-corrected chi connectivity index (χ0v) is 14.1. The smallest absolute Gasteiger partial charge is 0 e. The standard InChI is InChI=1S/C13H17NO2.3CO.Cr/c1-3-15-13(16-4-2)14-10-9-11-7-5-6-8-12(11)14;3*1-2;/h5-10,13H,3-4H2,1-2H3;;;;. The number of hydrogen-bond acceptors (Lipinski definition) is 2. The first-order chi connectivity index (χ1) is 10.9. The molecule has 0 fully saturated rings. The second kappa shape index (κ2) is 18.5. The van der Waals surface area contributed by atoms with Gasteiger partial charge in [0.25, 0.3) is 0 Å². The first-order valence-corrected chi connectivity index (χ1v) is 6.26. The van der Waals surface area contributed by atoms with E-state index in [1.54, 1.807) is 0 Å². The maximum absolute atomic E-state index is 7.50. The van der Waals surface area contributed by atoms with E-state index in [4.69, 9.17) is 23.4 Å². The first-order valence-electron chi connectivity index (χ1n) is 6.26. The van der Waals surface area contributed by atoms with E-state index in [1.807, 2.05) is 36.7 Å². The molecule has 0 spiro atoms. The predicted octanol–water partition coefficient (Wildman–Crippen LogP) is 3.06. The van der Waals surface area contributed by atoms with Gasteiger partial charge in [-0.3, -0.25) is 4.57 Å². The van der Waals surface area contributed by atoms with E-state index in [2.05, 4.69) is 38.2 Å². The molecule has 7 heteroatoms. The topological polar surface area (TPSA) is 83.1 Å². The van der Waals surface area contributed by atoms with E-state index >= 15 is 0 Å². The molecule has 2 aromatic rings. The van der Waals surface area contributed by atoms with Crippen LogP contribution in [0.4, 0.5) is 0 Å². The molecule has 6 nitrogen and oxygen atoms in total. The van der Waals surface area contributed by atoms with Crippen LogP contribution in [0.15, 0.2) is 36.5 Å². The average Bonchev–Trinajstić information content (AvgIpc) is 3.04. The molecule has 0 bridgehead atoms. The van der Waals surface area contributed by atoms with Crippen molar-refractivity contribution in [1.82, 2.24) is 4.57 Å². The van der Waals surface area contributed by atoms with Gasteiger partial charge in [-0.05, 0) is 31.4 Å². The van der Waals surface area contributed by atoms with Crippen LogP contribution in [0.5, 0.6) is 0 Å². The SMILES string of the molecule is CCOC(OCC)n1ccc2ccccc21.[C-]#[O+].[C-]#[O+].[C-]#[O+].[Cr]. The summed E-state index contributed by atoms with van der Waals surface area (Å²) < 4.78 is 35.7. The predicted molar refractivity (Wildman–Crippen MR) is 76.0 cm³/mol. The number of rotatable bonds is 5. The van der Waals surface area contributed by atoms with E-state index in [9.17, 15) is 0 Å². The molecule has 1 heterocycles. The monoisotopic (exact) mass is 355 g/mol. The summed E-state index contributed by atoms with van der Waals surface area (Å²) in [7, 11) is 0. The van der Waals surface area contributed by atoms with Crippen LogP contribution in [0.2, 0.25) is 0 Å². The minimum atomic E-state index is -0.324. The molecule has 0 N–H and O–H groups in total. The van der Waals surface area contributed by atoms with Gasteiger partial charge < -0.3 is 9.47 Å². The summed E-state index contributed by atoms with van der Waals surface area (Å²) in [5.74, 6) is 0. The van der Waals surface area contributed by atoms with Crippen molar-refractivity contribution < 1.29 is 40.8 Å². The fourth-order valence-corrected chi connectivity index (χ4v) is 1.78. The van der Waals surface area contributed by atoms with E-state index in [-0.39, 0.29) is 23.8 Å². The molecule has 0 radical (unpaired) electrons. The Hall–Kier alpha value is -1.57. The van der Waals surface area contributed by atoms with E-state index < -0.39 is 0 Å². The summed E-state index contributed by atoms with van der Waals surface area (Å²) in [4.78, 5) is 0. The van der Waals surface area contributed by atoms with Gasteiger partial charge in [-0.15, -0.1) is 0 Å². The van der Waals surface area contributed by atoms with Crippen LogP contribution < -0.4 is 0 Å². The molecule has 1 aromatic carbocycles. The molecular formula is C16H17CrNO5. The molecule has 0 unspecified atom stereocenters. The molecule has 0 saturated carbocycles. The van der Waals surface area contributed by atoms with Crippen molar-refractivity contribution in [3.8, 4) is 0 Å². The van der Waals surface area contributed by atoms with Gasteiger partial charge in [-0.2, -0.15) is 0 Å². The van der Waals surface area contributed by atoms with Gasteiger partial charge in [0, 0.05) is 36.8 Å². The Kier molecular flexibility index (Phi) is 21.2. The van der Waals surface area contributed by atoms with Gasteiger partial charge >= 0.3 is 33.9 Å². The van der Waals surface area contributed by atoms with E-state index in [1.165, 1.54) is 5.39 Å². The summed E-state index contributed by atoms with van der Waals surface area (Å²) in [5.41, 5.74) is 1.13. The van der Waals surface area contributed by atoms with Crippen LogP contribution in [-0.4, -0.2) is 17.8 Å². The molecule has 122 valence electrons. The van der Waals surface area contributed by atoms with Crippen LogP contribution in [0.1, 0.15) is 20.3 Å². The van der Waals surface area contributed by atoms with E-state index in [0.29, 0.717) is 13.2 Å². The Balaban J connectivity index is -0.000000514.